The van der Waals surface area contributed by atoms with E-state index in [-0.39, 0.29) is 26.2 Å². The molecule has 0 aliphatic carbocycles. The third-order valence-corrected chi connectivity index (χ3v) is 1.27. The standard InChI is InChI=1S/C7H10O4S.C2H6O2/c1-2-3-11-7(10)5(8)4-6(9)12;3-1-2-4/h2,5,8H,1,3-4H2,(H,9,12);3-4H,1-2H2. The van der Waals surface area contributed by atoms with Crippen LogP contribution in [0.1, 0.15) is 6.42 Å². The lowest BCUT2D eigenvalue weighted by Gasteiger charge is -2.06. The van der Waals surface area contributed by atoms with Gasteiger partial charge in [-0.2, -0.15) is 0 Å². The minimum atomic E-state index is -1.42. The Kier molecular flexibility index (Phi) is 13.3. The van der Waals surface area contributed by atoms with E-state index in [4.69, 9.17) is 15.3 Å². The van der Waals surface area contributed by atoms with E-state index in [1.165, 1.54) is 6.08 Å². The van der Waals surface area contributed by atoms with Crippen molar-refractivity contribution >= 4 is 23.7 Å². The number of rotatable bonds is 6. The third kappa shape index (κ3) is 13.1. The highest BCUT2D eigenvalue weighted by molar-refractivity contribution is 7.96. The van der Waals surface area contributed by atoms with Crippen molar-refractivity contribution in [2.45, 2.75) is 12.5 Å². The van der Waals surface area contributed by atoms with Crippen LogP contribution in [-0.2, 0) is 14.3 Å². The van der Waals surface area contributed by atoms with Crippen molar-refractivity contribution in [1.29, 1.82) is 0 Å². The molecule has 0 saturated carbocycles. The SMILES string of the molecule is C=CCOC(=O)C(O)CC(=O)S.OCCO. The lowest BCUT2D eigenvalue weighted by Crippen LogP contribution is -2.24. The smallest absolute Gasteiger partial charge is 0.335 e. The molecule has 16 heavy (non-hydrogen) atoms. The maximum atomic E-state index is 10.7. The van der Waals surface area contributed by atoms with E-state index < -0.39 is 17.2 Å². The molecule has 1 unspecified atom stereocenters. The highest BCUT2D eigenvalue weighted by Crippen LogP contribution is 1.98. The summed E-state index contributed by atoms with van der Waals surface area (Å²) in [4.78, 5) is 21.0. The molecular formula is C9H16O6S. The molecule has 0 aliphatic heterocycles. The van der Waals surface area contributed by atoms with Crippen LogP contribution in [0.25, 0.3) is 0 Å². The number of carbonyl (C=O) groups is 2. The second-order valence-electron chi connectivity index (χ2n) is 2.48. The van der Waals surface area contributed by atoms with Gasteiger partial charge in [0.25, 0.3) is 0 Å². The maximum absolute atomic E-state index is 10.7. The predicted octanol–water partition coefficient (Wildman–Crippen LogP) is -1.11. The lowest BCUT2D eigenvalue weighted by atomic mass is 10.3. The van der Waals surface area contributed by atoms with Crippen molar-refractivity contribution in [2.24, 2.45) is 0 Å². The zero-order valence-corrected chi connectivity index (χ0v) is 9.60. The number of hydrogen-bond donors (Lipinski definition) is 4. The van der Waals surface area contributed by atoms with Crippen LogP contribution >= 0.6 is 12.6 Å². The Morgan fingerprint density at radius 1 is 1.38 bits per heavy atom. The number of aliphatic hydroxyl groups is 3. The van der Waals surface area contributed by atoms with Crippen LogP contribution in [0.4, 0.5) is 0 Å². The molecule has 94 valence electrons. The van der Waals surface area contributed by atoms with E-state index in [1.54, 1.807) is 0 Å². The van der Waals surface area contributed by atoms with Crippen LogP contribution < -0.4 is 0 Å². The lowest BCUT2D eigenvalue weighted by molar-refractivity contribution is -0.153. The first kappa shape index (κ1) is 17.5. The van der Waals surface area contributed by atoms with Crippen LogP contribution in [0.3, 0.4) is 0 Å². The summed E-state index contributed by atoms with van der Waals surface area (Å²) in [6, 6.07) is 0. The van der Waals surface area contributed by atoms with Crippen molar-refractivity contribution in [3.8, 4) is 0 Å². The van der Waals surface area contributed by atoms with Gasteiger partial charge < -0.3 is 20.1 Å². The topological polar surface area (TPSA) is 104 Å². The van der Waals surface area contributed by atoms with Gasteiger partial charge in [0.2, 0.25) is 0 Å². The fraction of sp³-hybridized carbons (Fsp3) is 0.556. The molecule has 0 heterocycles. The van der Waals surface area contributed by atoms with Crippen LogP contribution in [-0.4, -0.2) is 52.3 Å². The largest absolute Gasteiger partial charge is 0.460 e. The van der Waals surface area contributed by atoms with E-state index >= 15 is 0 Å². The average molecular weight is 252 g/mol. The molecule has 0 rings (SSSR count). The van der Waals surface area contributed by atoms with Crippen LogP contribution in [0, 0.1) is 0 Å². The second-order valence-corrected chi connectivity index (χ2v) is 2.98. The van der Waals surface area contributed by atoms with Gasteiger partial charge in [-0.3, -0.25) is 4.79 Å². The van der Waals surface area contributed by atoms with Gasteiger partial charge in [0.05, 0.1) is 19.6 Å². The Morgan fingerprint density at radius 3 is 2.19 bits per heavy atom. The quantitative estimate of drug-likeness (QED) is 0.271. The van der Waals surface area contributed by atoms with Crippen LogP contribution in [0.15, 0.2) is 12.7 Å². The molecule has 0 bridgehead atoms. The summed E-state index contributed by atoms with van der Waals surface area (Å²) in [5, 5.41) is 23.6. The van der Waals surface area contributed by atoms with Crippen molar-refractivity contribution in [3.63, 3.8) is 0 Å². The van der Waals surface area contributed by atoms with E-state index in [0.29, 0.717) is 0 Å². The molecule has 0 aromatic rings. The molecule has 0 spiro atoms. The molecular weight excluding hydrogens is 236 g/mol. The van der Waals surface area contributed by atoms with Crippen LogP contribution in [0.2, 0.25) is 0 Å². The first-order valence-corrected chi connectivity index (χ1v) is 4.83. The summed E-state index contributed by atoms with van der Waals surface area (Å²) in [5.41, 5.74) is 0. The summed E-state index contributed by atoms with van der Waals surface area (Å²) in [7, 11) is 0. The first-order chi connectivity index (χ1) is 7.49. The van der Waals surface area contributed by atoms with E-state index in [9.17, 15) is 9.59 Å². The van der Waals surface area contributed by atoms with E-state index in [0.717, 1.165) is 0 Å². The Balaban J connectivity index is 0. The normalized spacial score (nSPS) is 10.8. The highest BCUT2D eigenvalue weighted by Gasteiger charge is 2.18. The number of hydrogen-bond acceptors (Lipinski definition) is 6. The summed E-state index contributed by atoms with van der Waals surface area (Å²) >= 11 is 3.40. The van der Waals surface area contributed by atoms with Crippen molar-refractivity contribution in [2.75, 3.05) is 19.8 Å². The molecule has 0 aromatic carbocycles. The molecule has 0 aliphatic rings. The van der Waals surface area contributed by atoms with Gasteiger partial charge in [-0.15, -0.1) is 12.6 Å². The number of thiol groups is 1. The Bertz CT molecular complexity index is 216. The zero-order valence-electron chi connectivity index (χ0n) is 8.70. The second kappa shape index (κ2) is 12.2. The first-order valence-electron chi connectivity index (χ1n) is 4.38. The van der Waals surface area contributed by atoms with Crippen molar-refractivity contribution < 1.29 is 29.6 Å². The van der Waals surface area contributed by atoms with Gasteiger partial charge in [-0.1, -0.05) is 12.7 Å². The zero-order chi connectivity index (χ0) is 13.0. The molecule has 1 atom stereocenters. The fourth-order valence-corrected chi connectivity index (χ4v) is 0.659. The molecule has 7 heteroatoms. The van der Waals surface area contributed by atoms with Gasteiger partial charge >= 0.3 is 5.97 Å². The average Bonchev–Trinajstić information content (AvgIpc) is 2.25. The minimum Gasteiger partial charge on any atom is -0.460 e. The van der Waals surface area contributed by atoms with Crippen LogP contribution in [0.5, 0.6) is 0 Å². The van der Waals surface area contributed by atoms with Crippen molar-refractivity contribution in [1.82, 2.24) is 0 Å². The minimum absolute atomic E-state index is 0.0245. The molecule has 0 aromatic heterocycles. The van der Waals surface area contributed by atoms with Gasteiger partial charge in [0.15, 0.2) is 11.2 Å². The van der Waals surface area contributed by atoms with Gasteiger partial charge in [-0.05, 0) is 0 Å². The molecule has 3 N–H and O–H groups in total. The van der Waals surface area contributed by atoms with Gasteiger partial charge in [0.1, 0.15) is 6.61 Å². The van der Waals surface area contributed by atoms with E-state index in [1.807, 2.05) is 0 Å². The molecule has 0 amide bonds. The van der Waals surface area contributed by atoms with Gasteiger partial charge in [-0.25, -0.2) is 4.79 Å². The maximum Gasteiger partial charge on any atom is 0.335 e. The predicted molar refractivity (Wildman–Crippen MR) is 59.9 cm³/mol. The highest BCUT2D eigenvalue weighted by atomic mass is 32.1. The van der Waals surface area contributed by atoms with Crippen molar-refractivity contribution in [3.05, 3.63) is 12.7 Å². The summed E-state index contributed by atoms with van der Waals surface area (Å²) in [6.07, 6.45) is -0.387. The molecule has 0 fully saturated rings. The number of ether oxygens (including phenoxy) is 1. The summed E-state index contributed by atoms with van der Waals surface area (Å²) in [5.74, 6) is -0.836. The van der Waals surface area contributed by atoms with E-state index in [2.05, 4.69) is 23.9 Å². The monoisotopic (exact) mass is 252 g/mol. The number of aliphatic hydroxyl groups excluding tert-OH is 3. The Morgan fingerprint density at radius 2 is 1.88 bits per heavy atom. The molecule has 6 nitrogen and oxygen atoms in total. The number of carbonyl (C=O) groups excluding carboxylic acids is 2. The summed E-state index contributed by atoms with van der Waals surface area (Å²) < 4.78 is 4.46. The third-order valence-electron chi connectivity index (χ3n) is 1.08. The van der Waals surface area contributed by atoms with Gasteiger partial charge in [0, 0.05) is 0 Å². The summed E-state index contributed by atoms with van der Waals surface area (Å²) in [6.45, 7) is 3.09. The Labute approximate surface area is 98.9 Å². The number of esters is 1. The molecule has 0 saturated heterocycles. The fourth-order valence-electron chi connectivity index (χ4n) is 0.486. The molecule has 0 radical (unpaired) electrons. The Hall–Kier alpha value is -0.890.